The van der Waals surface area contributed by atoms with Crippen molar-refractivity contribution in [1.29, 1.82) is 0 Å². The molecule has 0 heterocycles. The number of carbonyl (C=O) groups is 2. The average molecular weight is 456 g/mol. The van der Waals surface area contributed by atoms with Crippen LogP contribution in [-0.4, -0.2) is 55.6 Å². The van der Waals surface area contributed by atoms with Crippen molar-refractivity contribution >= 4 is 17.5 Å². The van der Waals surface area contributed by atoms with Crippen LogP contribution in [0.2, 0.25) is 0 Å². The Morgan fingerprint density at radius 1 is 0.939 bits per heavy atom. The zero-order valence-corrected chi connectivity index (χ0v) is 20.4. The monoisotopic (exact) mass is 455 g/mol. The lowest BCUT2D eigenvalue weighted by atomic mass is 10.0. The van der Waals surface area contributed by atoms with E-state index in [4.69, 9.17) is 9.47 Å². The molecule has 0 bridgehead atoms. The minimum atomic E-state index is -0.701. The van der Waals surface area contributed by atoms with Crippen LogP contribution in [0.25, 0.3) is 0 Å². The molecule has 0 aromatic heterocycles. The molecule has 1 unspecified atom stereocenters. The maximum Gasteiger partial charge on any atom is 0.251 e. The number of nitrogens with one attached hydrogen (secondary N) is 2. The molecule has 1 atom stereocenters. The fraction of sp³-hybridized carbons (Fsp3) is 0.462. The van der Waals surface area contributed by atoms with E-state index < -0.39 is 6.04 Å². The third-order valence-corrected chi connectivity index (χ3v) is 5.37. The predicted octanol–water partition coefficient (Wildman–Crippen LogP) is 4.20. The Morgan fingerprint density at radius 2 is 1.61 bits per heavy atom. The predicted molar refractivity (Wildman–Crippen MR) is 132 cm³/mol. The molecule has 2 aromatic rings. The van der Waals surface area contributed by atoms with Crippen LogP contribution >= 0.6 is 0 Å². The lowest BCUT2D eigenvalue weighted by Gasteiger charge is -2.23. The number of nitrogens with zero attached hydrogens (tertiary/aromatic N) is 1. The number of ether oxygens (including phenoxy) is 2. The van der Waals surface area contributed by atoms with E-state index in [-0.39, 0.29) is 17.7 Å². The van der Waals surface area contributed by atoms with Crippen molar-refractivity contribution in [2.24, 2.45) is 5.92 Å². The van der Waals surface area contributed by atoms with Gasteiger partial charge in [0.25, 0.3) is 5.91 Å². The third-order valence-electron chi connectivity index (χ3n) is 5.37. The SMILES string of the molecule is CCOc1ccc(C(=O)NC(C(=O)Nc2ccccc2OCCN(CC)CC)C(C)C)cc1. The van der Waals surface area contributed by atoms with Gasteiger partial charge < -0.3 is 25.0 Å². The van der Waals surface area contributed by atoms with E-state index in [1.54, 1.807) is 30.3 Å². The molecule has 7 heteroatoms. The summed E-state index contributed by atoms with van der Waals surface area (Å²) < 4.78 is 11.4. The van der Waals surface area contributed by atoms with Crippen molar-refractivity contribution in [2.45, 2.75) is 40.7 Å². The molecule has 0 radical (unpaired) electrons. The molecule has 0 saturated heterocycles. The highest BCUT2D eigenvalue weighted by Gasteiger charge is 2.25. The molecule has 0 aliphatic rings. The summed E-state index contributed by atoms with van der Waals surface area (Å²) >= 11 is 0. The second-order valence-corrected chi connectivity index (χ2v) is 8.01. The van der Waals surface area contributed by atoms with Gasteiger partial charge in [0.05, 0.1) is 12.3 Å². The fourth-order valence-electron chi connectivity index (χ4n) is 3.36. The molecule has 2 amide bonds. The van der Waals surface area contributed by atoms with Gasteiger partial charge in [0, 0.05) is 12.1 Å². The van der Waals surface area contributed by atoms with Crippen LogP contribution in [0.1, 0.15) is 45.0 Å². The van der Waals surface area contributed by atoms with Crippen LogP contribution in [0.5, 0.6) is 11.5 Å². The Bertz CT molecular complexity index is 879. The number of carbonyl (C=O) groups excluding carboxylic acids is 2. The quantitative estimate of drug-likeness (QED) is 0.473. The van der Waals surface area contributed by atoms with Crippen LogP contribution in [0.4, 0.5) is 5.69 Å². The number of hydrogen-bond acceptors (Lipinski definition) is 5. The van der Waals surface area contributed by atoms with Gasteiger partial charge in [-0.1, -0.05) is 39.8 Å². The molecule has 2 N–H and O–H groups in total. The number of anilines is 1. The van der Waals surface area contributed by atoms with Crippen LogP contribution < -0.4 is 20.1 Å². The standard InChI is InChI=1S/C26H37N3O4/c1-6-29(7-2)17-18-33-23-12-10-9-11-22(23)27-26(31)24(19(4)5)28-25(30)20-13-15-21(16-14-20)32-8-3/h9-16,19,24H,6-8,17-18H2,1-5H3,(H,27,31)(H,28,30). The molecule has 0 saturated carbocycles. The first-order valence-electron chi connectivity index (χ1n) is 11.7. The number of para-hydroxylation sites is 2. The highest BCUT2D eigenvalue weighted by molar-refractivity contribution is 6.01. The molecule has 0 spiro atoms. The van der Waals surface area contributed by atoms with Gasteiger partial charge in [-0.2, -0.15) is 0 Å². The van der Waals surface area contributed by atoms with Crippen LogP contribution in [0.15, 0.2) is 48.5 Å². The van der Waals surface area contributed by atoms with E-state index in [9.17, 15) is 9.59 Å². The van der Waals surface area contributed by atoms with Crippen molar-refractivity contribution in [3.05, 3.63) is 54.1 Å². The van der Waals surface area contributed by atoms with Gasteiger partial charge in [-0.25, -0.2) is 0 Å². The number of amides is 2. The fourth-order valence-corrected chi connectivity index (χ4v) is 3.36. The zero-order chi connectivity index (χ0) is 24.2. The minimum Gasteiger partial charge on any atom is -0.494 e. The van der Waals surface area contributed by atoms with Crippen molar-refractivity contribution in [3.63, 3.8) is 0 Å². The third kappa shape index (κ3) is 8.09. The van der Waals surface area contributed by atoms with E-state index in [1.165, 1.54) is 0 Å². The molecular weight excluding hydrogens is 418 g/mol. The highest BCUT2D eigenvalue weighted by atomic mass is 16.5. The van der Waals surface area contributed by atoms with Crippen molar-refractivity contribution in [1.82, 2.24) is 10.2 Å². The minimum absolute atomic E-state index is 0.104. The maximum absolute atomic E-state index is 13.1. The smallest absolute Gasteiger partial charge is 0.251 e. The Kier molecular flexibility index (Phi) is 10.7. The number of benzene rings is 2. The highest BCUT2D eigenvalue weighted by Crippen LogP contribution is 2.24. The second-order valence-electron chi connectivity index (χ2n) is 8.01. The zero-order valence-electron chi connectivity index (χ0n) is 20.4. The maximum atomic E-state index is 13.1. The molecule has 180 valence electrons. The first-order valence-corrected chi connectivity index (χ1v) is 11.7. The first kappa shape index (κ1) is 26.2. The van der Waals surface area contributed by atoms with Crippen LogP contribution in [0.3, 0.4) is 0 Å². The Morgan fingerprint density at radius 3 is 2.21 bits per heavy atom. The van der Waals surface area contributed by atoms with Gasteiger partial charge in [-0.05, 0) is 62.3 Å². The summed E-state index contributed by atoms with van der Waals surface area (Å²) in [5.74, 6) is 0.607. The summed E-state index contributed by atoms with van der Waals surface area (Å²) in [5.41, 5.74) is 1.06. The molecule has 0 aliphatic heterocycles. The topological polar surface area (TPSA) is 79.9 Å². The van der Waals surface area contributed by atoms with E-state index in [0.717, 1.165) is 19.6 Å². The molecule has 33 heavy (non-hydrogen) atoms. The summed E-state index contributed by atoms with van der Waals surface area (Å²) in [4.78, 5) is 28.1. The number of hydrogen-bond donors (Lipinski definition) is 2. The number of rotatable bonds is 13. The lowest BCUT2D eigenvalue weighted by Crippen LogP contribution is -2.47. The normalized spacial score (nSPS) is 11.8. The van der Waals surface area contributed by atoms with Gasteiger partial charge in [0.2, 0.25) is 5.91 Å². The first-order chi connectivity index (χ1) is 15.9. The molecule has 0 aliphatic carbocycles. The number of likely N-dealkylation sites (N-methyl/N-ethyl adjacent to an activating group) is 1. The summed E-state index contributed by atoms with van der Waals surface area (Å²) in [6.07, 6.45) is 0. The molecule has 2 aromatic carbocycles. The van der Waals surface area contributed by atoms with Crippen molar-refractivity contribution in [3.8, 4) is 11.5 Å². The van der Waals surface area contributed by atoms with Crippen LogP contribution in [0, 0.1) is 5.92 Å². The summed E-state index contributed by atoms with van der Waals surface area (Å²) in [6.45, 7) is 13.7. The Labute approximate surface area is 197 Å². The Balaban J connectivity index is 2.04. The average Bonchev–Trinajstić information content (AvgIpc) is 2.81. The second kappa shape index (κ2) is 13.5. The Hall–Kier alpha value is -3.06. The molecule has 0 fully saturated rings. The lowest BCUT2D eigenvalue weighted by molar-refractivity contribution is -0.118. The van der Waals surface area contributed by atoms with Crippen LogP contribution in [-0.2, 0) is 4.79 Å². The largest absolute Gasteiger partial charge is 0.494 e. The molecular formula is C26H37N3O4. The van der Waals surface area contributed by atoms with Gasteiger partial charge in [-0.15, -0.1) is 0 Å². The van der Waals surface area contributed by atoms with Gasteiger partial charge >= 0.3 is 0 Å². The summed E-state index contributed by atoms with van der Waals surface area (Å²) in [6, 6.07) is 13.5. The van der Waals surface area contributed by atoms with E-state index in [2.05, 4.69) is 29.4 Å². The van der Waals surface area contributed by atoms with Crippen molar-refractivity contribution < 1.29 is 19.1 Å². The van der Waals surface area contributed by atoms with Gasteiger partial charge in [0.1, 0.15) is 24.1 Å². The molecule has 7 nitrogen and oxygen atoms in total. The van der Waals surface area contributed by atoms with E-state index >= 15 is 0 Å². The van der Waals surface area contributed by atoms with Gasteiger partial charge in [-0.3, -0.25) is 9.59 Å². The van der Waals surface area contributed by atoms with E-state index in [0.29, 0.717) is 36.0 Å². The summed E-state index contributed by atoms with van der Waals surface area (Å²) in [7, 11) is 0. The van der Waals surface area contributed by atoms with Gasteiger partial charge in [0.15, 0.2) is 0 Å². The van der Waals surface area contributed by atoms with E-state index in [1.807, 2.05) is 39.0 Å². The summed E-state index contributed by atoms with van der Waals surface area (Å²) in [5, 5.41) is 5.79. The molecule has 2 rings (SSSR count). The van der Waals surface area contributed by atoms with Crippen molar-refractivity contribution in [2.75, 3.05) is 38.2 Å².